The smallest absolute Gasteiger partial charge is 0.0953 e. The Morgan fingerprint density at radius 3 is 2.90 bits per heavy atom. The van der Waals surface area contributed by atoms with Crippen LogP contribution in [0.2, 0.25) is 0 Å². The van der Waals surface area contributed by atoms with Gasteiger partial charge in [-0.1, -0.05) is 0 Å². The van der Waals surface area contributed by atoms with Crippen molar-refractivity contribution in [2.24, 2.45) is 5.10 Å². The minimum atomic E-state index is -2.21. The van der Waals surface area contributed by atoms with Crippen molar-refractivity contribution in [2.75, 3.05) is 13.7 Å². The van der Waals surface area contributed by atoms with E-state index < -0.39 is 11.3 Å². The van der Waals surface area contributed by atoms with Crippen LogP contribution in [-0.4, -0.2) is 33.7 Å². The molecule has 0 aliphatic heterocycles. The quantitative estimate of drug-likeness (QED) is 0.258. The number of nitrogens with one attached hydrogen (secondary N) is 1. The van der Waals surface area contributed by atoms with Gasteiger partial charge in [0.05, 0.1) is 6.67 Å². The maximum atomic E-state index is 9.92. The molecule has 0 saturated heterocycles. The Balaban J connectivity index is 3.39. The molecule has 0 radical (unpaired) electrons. The third-order valence-corrected chi connectivity index (χ3v) is 1.09. The maximum Gasteiger partial charge on any atom is 0.0953 e. The van der Waals surface area contributed by atoms with Crippen LogP contribution in [0.4, 0.5) is 0 Å². The van der Waals surface area contributed by atoms with Gasteiger partial charge in [0.25, 0.3) is 0 Å². The first kappa shape index (κ1) is 9.54. The molecule has 0 heterocycles. The topological polar surface area (TPSA) is 67.8 Å². The van der Waals surface area contributed by atoms with E-state index in [4.69, 9.17) is 0 Å². The second-order valence-electron chi connectivity index (χ2n) is 1.57. The summed E-state index contributed by atoms with van der Waals surface area (Å²) in [5.74, 6) is 0. The summed E-state index contributed by atoms with van der Waals surface area (Å²) in [5.41, 5.74) is 0. The highest BCUT2D eigenvalue weighted by atomic mass is 32.2. The number of rotatable bonds is 4. The molecule has 0 amide bonds. The van der Waals surface area contributed by atoms with Crippen LogP contribution < -0.4 is 4.72 Å². The second kappa shape index (κ2) is 5.33. The van der Waals surface area contributed by atoms with E-state index in [1.54, 1.807) is 20.2 Å². The van der Waals surface area contributed by atoms with Gasteiger partial charge in [0.15, 0.2) is 0 Å². The molecule has 0 fully saturated rings. The fourth-order valence-electron chi connectivity index (χ4n) is 0.384. The van der Waals surface area contributed by atoms with Crippen LogP contribution in [0.3, 0.4) is 0 Å². The zero-order valence-electron chi connectivity index (χ0n) is 5.90. The van der Waals surface area contributed by atoms with Crippen molar-refractivity contribution in [1.82, 2.24) is 9.73 Å². The van der Waals surface area contributed by atoms with Crippen molar-refractivity contribution in [1.29, 1.82) is 0 Å². The van der Waals surface area contributed by atoms with E-state index >= 15 is 0 Å². The third-order valence-electron chi connectivity index (χ3n) is 0.724. The van der Waals surface area contributed by atoms with Gasteiger partial charge in [-0.3, -0.25) is 9.22 Å². The Morgan fingerprint density at radius 1 is 1.90 bits per heavy atom. The standard InChI is InChI=1S/C4H11N3O2S/c1-3-5-7(2)4-6-10(8)9/h3,6H,4H2,1-2H3,(H,8,9)/p-1/b5-3-. The first-order chi connectivity index (χ1) is 4.66. The van der Waals surface area contributed by atoms with Gasteiger partial charge in [-0.05, 0) is 6.92 Å². The van der Waals surface area contributed by atoms with Crippen LogP contribution >= 0.6 is 0 Å². The first-order valence-electron chi connectivity index (χ1n) is 2.69. The lowest BCUT2D eigenvalue weighted by Gasteiger charge is -2.14. The van der Waals surface area contributed by atoms with Crippen molar-refractivity contribution < 1.29 is 8.76 Å². The molecule has 0 bridgehead atoms. The summed E-state index contributed by atoms with van der Waals surface area (Å²) in [6, 6.07) is 0. The fraction of sp³-hybridized carbons (Fsp3) is 0.750. The van der Waals surface area contributed by atoms with Crippen molar-refractivity contribution in [2.45, 2.75) is 6.92 Å². The highest BCUT2D eigenvalue weighted by molar-refractivity contribution is 7.77. The molecule has 6 heteroatoms. The third kappa shape index (κ3) is 5.67. The molecule has 1 atom stereocenters. The van der Waals surface area contributed by atoms with Crippen molar-refractivity contribution >= 4 is 17.5 Å². The molecule has 5 nitrogen and oxygen atoms in total. The Labute approximate surface area is 62.5 Å². The second-order valence-corrected chi connectivity index (χ2v) is 2.33. The van der Waals surface area contributed by atoms with Crippen LogP contribution in [-0.2, 0) is 11.3 Å². The van der Waals surface area contributed by atoms with E-state index in [1.807, 2.05) is 0 Å². The van der Waals surface area contributed by atoms with Gasteiger partial charge >= 0.3 is 0 Å². The number of nitrogens with zero attached hydrogens (tertiary/aromatic N) is 2. The van der Waals surface area contributed by atoms with Crippen molar-refractivity contribution in [3.8, 4) is 0 Å². The molecule has 10 heavy (non-hydrogen) atoms. The van der Waals surface area contributed by atoms with Gasteiger partial charge in [0.1, 0.15) is 0 Å². The maximum absolute atomic E-state index is 9.92. The molecule has 0 aromatic heterocycles. The Bertz CT molecular complexity index is 138. The summed E-state index contributed by atoms with van der Waals surface area (Å²) in [5, 5.41) is 5.24. The van der Waals surface area contributed by atoms with Gasteiger partial charge in [0, 0.05) is 24.5 Å². The lowest BCUT2D eigenvalue weighted by molar-refractivity contribution is 0.347. The van der Waals surface area contributed by atoms with Gasteiger partial charge in [-0.2, -0.15) is 5.10 Å². The summed E-state index contributed by atoms with van der Waals surface area (Å²) < 4.78 is 22.0. The van der Waals surface area contributed by atoms with E-state index in [0.29, 0.717) is 0 Å². The van der Waals surface area contributed by atoms with Crippen LogP contribution in [0.15, 0.2) is 5.10 Å². The zero-order chi connectivity index (χ0) is 7.98. The minimum Gasteiger partial charge on any atom is -0.760 e. The normalized spacial score (nSPS) is 13.9. The SMILES string of the molecule is C/C=N\N(C)CNS(=O)[O-]. The van der Waals surface area contributed by atoms with Gasteiger partial charge in [-0.15, -0.1) is 0 Å². The van der Waals surface area contributed by atoms with Crippen molar-refractivity contribution in [3.05, 3.63) is 0 Å². The summed E-state index contributed by atoms with van der Waals surface area (Å²) >= 11 is -2.21. The average Bonchev–Trinajstić information content (AvgIpc) is 1.85. The number of hydrogen-bond donors (Lipinski definition) is 1. The number of hydrogen-bond acceptors (Lipinski definition) is 4. The highest BCUT2D eigenvalue weighted by Crippen LogP contribution is 1.77. The van der Waals surface area contributed by atoms with Gasteiger partial charge < -0.3 is 4.55 Å². The van der Waals surface area contributed by atoms with Gasteiger partial charge in [-0.25, -0.2) is 4.72 Å². The first-order valence-corrected chi connectivity index (χ1v) is 3.76. The van der Waals surface area contributed by atoms with Crippen LogP contribution in [0.25, 0.3) is 0 Å². The van der Waals surface area contributed by atoms with E-state index in [9.17, 15) is 8.76 Å². The van der Waals surface area contributed by atoms with E-state index in [1.165, 1.54) is 5.01 Å². The van der Waals surface area contributed by atoms with Gasteiger partial charge in [0.2, 0.25) is 0 Å². The summed E-state index contributed by atoms with van der Waals surface area (Å²) in [4.78, 5) is 0. The van der Waals surface area contributed by atoms with Crippen LogP contribution in [0, 0.1) is 0 Å². The lowest BCUT2D eigenvalue weighted by Crippen LogP contribution is -2.28. The molecular weight excluding hydrogens is 154 g/mol. The molecule has 0 spiro atoms. The Kier molecular flexibility index (Phi) is 5.09. The predicted molar refractivity (Wildman–Crippen MR) is 38.9 cm³/mol. The highest BCUT2D eigenvalue weighted by Gasteiger charge is 1.87. The minimum absolute atomic E-state index is 0.195. The molecule has 0 aliphatic rings. The molecule has 0 rings (SSSR count). The largest absolute Gasteiger partial charge is 0.760 e. The molecule has 0 aromatic rings. The zero-order valence-corrected chi connectivity index (χ0v) is 6.72. The molecule has 1 N–H and O–H groups in total. The summed E-state index contributed by atoms with van der Waals surface area (Å²) in [7, 11) is 1.67. The summed E-state index contributed by atoms with van der Waals surface area (Å²) in [6.45, 7) is 1.95. The average molecular weight is 164 g/mol. The number of hydrazone groups is 1. The molecule has 0 aromatic carbocycles. The fourth-order valence-corrected chi connectivity index (χ4v) is 0.676. The Hall–Kier alpha value is -0.460. The van der Waals surface area contributed by atoms with E-state index in [2.05, 4.69) is 9.82 Å². The monoisotopic (exact) mass is 164 g/mol. The lowest BCUT2D eigenvalue weighted by atomic mass is 10.9. The van der Waals surface area contributed by atoms with Crippen molar-refractivity contribution in [3.63, 3.8) is 0 Å². The van der Waals surface area contributed by atoms with Crippen LogP contribution in [0.5, 0.6) is 0 Å². The van der Waals surface area contributed by atoms with E-state index in [-0.39, 0.29) is 6.67 Å². The summed E-state index contributed by atoms with van der Waals surface area (Å²) in [6.07, 6.45) is 1.58. The molecule has 0 aliphatic carbocycles. The Morgan fingerprint density at radius 2 is 2.50 bits per heavy atom. The molecular formula is C4H10N3O2S-. The molecule has 0 saturated carbocycles. The van der Waals surface area contributed by atoms with Crippen LogP contribution in [0.1, 0.15) is 6.92 Å². The predicted octanol–water partition coefficient (Wildman–Crippen LogP) is -0.735. The van der Waals surface area contributed by atoms with E-state index in [0.717, 1.165) is 0 Å². The molecule has 1 unspecified atom stereocenters. The molecule has 60 valence electrons.